The molecule has 3 heterocycles. The lowest BCUT2D eigenvalue weighted by molar-refractivity contribution is -0.124. The van der Waals surface area contributed by atoms with Crippen molar-refractivity contribution >= 4 is 28.8 Å². The third-order valence-electron chi connectivity index (χ3n) is 4.36. The Morgan fingerprint density at radius 1 is 1.28 bits per heavy atom. The monoisotopic (exact) mass is 335 g/mol. The lowest BCUT2D eigenvalue weighted by Crippen LogP contribution is -2.31. The predicted molar refractivity (Wildman–Crippen MR) is 94.0 cm³/mol. The van der Waals surface area contributed by atoms with Crippen molar-refractivity contribution in [3.8, 4) is 0 Å². The van der Waals surface area contributed by atoms with Crippen molar-refractivity contribution in [2.24, 2.45) is 0 Å². The lowest BCUT2D eigenvalue weighted by atomic mass is 10.0. The second-order valence-corrected chi connectivity index (χ2v) is 5.93. The van der Waals surface area contributed by atoms with Crippen molar-refractivity contribution in [1.29, 1.82) is 0 Å². The smallest absolute Gasteiger partial charge is 0.267 e. The molecule has 0 spiro atoms. The number of carbonyl (C=O) groups is 1. The van der Waals surface area contributed by atoms with Gasteiger partial charge in [0.25, 0.3) is 5.91 Å². The zero-order valence-electron chi connectivity index (χ0n) is 13.4. The maximum Gasteiger partial charge on any atom is 0.267 e. The molecule has 7 heteroatoms. The van der Waals surface area contributed by atoms with E-state index in [1.165, 1.54) is 22.7 Å². The molecule has 0 unspecified atom stereocenters. The normalized spacial score (nSPS) is 14.0. The van der Waals surface area contributed by atoms with Crippen molar-refractivity contribution in [3.05, 3.63) is 59.6 Å². The Labute approximate surface area is 144 Å². The summed E-state index contributed by atoms with van der Waals surface area (Å²) >= 11 is 0. The molecule has 2 aromatic heterocycles. The third kappa shape index (κ3) is 2.97. The summed E-state index contributed by atoms with van der Waals surface area (Å²) in [5, 5.41) is 9.76. The summed E-state index contributed by atoms with van der Waals surface area (Å²) in [5.74, 6) is 0.0690. The predicted octanol–water partition coefficient (Wildman–Crippen LogP) is 2.04. The van der Waals surface area contributed by atoms with Crippen molar-refractivity contribution in [2.75, 3.05) is 11.4 Å². The van der Waals surface area contributed by atoms with Crippen LogP contribution >= 0.6 is 0 Å². The first-order valence-electron chi connectivity index (χ1n) is 8.02. The van der Waals surface area contributed by atoms with Crippen molar-refractivity contribution in [3.63, 3.8) is 0 Å². The lowest BCUT2D eigenvalue weighted by Gasteiger charge is -2.27. The van der Waals surface area contributed by atoms with Gasteiger partial charge in [0.15, 0.2) is 0 Å². The molecule has 0 saturated heterocycles. The number of hydrogen-bond donors (Lipinski definition) is 3. The fourth-order valence-electron chi connectivity index (χ4n) is 3.15. The largest absolute Gasteiger partial charge is 0.357 e. The number of benzene rings is 1. The first-order chi connectivity index (χ1) is 12.2. The number of carbonyl (C=O) groups excluding carboxylic acids is 1. The van der Waals surface area contributed by atoms with Crippen LogP contribution in [0.1, 0.15) is 16.8 Å². The molecular weight excluding hydrogens is 318 g/mol. The van der Waals surface area contributed by atoms with Gasteiger partial charge in [0, 0.05) is 47.2 Å². The number of anilines is 1. The van der Waals surface area contributed by atoms with Gasteiger partial charge in [-0.2, -0.15) is 0 Å². The molecule has 0 atom stereocenters. The number of rotatable bonds is 3. The van der Waals surface area contributed by atoms with Gasteiger partial charge >= 0.3 is 0 Å². The Kier molecular flexibility index (Phi) is 3.91. The highest BCUT2D eigenvalue weighted by molar-refractivity contribution is 5.90. The van der Waals surface area contributed by atoms with Crippen LogP contribution in [0.25, 0.3) is 17.0 Å². The van der Waals surface area contributed by atoms with Crippen LogP contribution in [0.4, 0.5) is 5.95 Å². The highest BCUT2D eigenvalue weighted by Gasteiger charge is 2.21. The molecular formula is C18H17N5O2. The topological polar surface area (TPSA) is 94.1 Å². The van der Waals surface area contributed by atoms with Crippen molar-refractivity contribution in [2.45, 2.75) is 13.0 Å². The van der Waals surface area contributed by atoms with Gasteiger partial charge in [0.05, 0.1) is 6.54 Å². The number of hydrogen-bond acceptors (Lipinski definition) is 5. The summed E-state index contributed by atoms with van der Waals surface area (Å²) in [4.78, 5) is 25.4. The fraction of sp³-hybridized carbons (Fsp3) is 0.167. The maximum absolute atomic E-state index is 11.0. The quantitative estimate of drug-likeness (QED) is 0.387. The molecule has 3 aromatic rings. The van der Waals surface area contributed by atoms with Gasteiger partial charge in [0.1, 0.15) is 0 Å². The number of H-pyrrole nitrogens is 1. The Balaban J connectivity index is 1.53. The molecule has 7 nitrogen and oxygen atoms in total. The number of hydroxylamine groups is 1. The first kappa shape index (κ1) is 15.3. The number of aromatic nitrogens is 3. The van der Waals surface area contributed by atoms with Gasteiger partial charge < -0.3 is 9.88 Å². The highest BCUT2D eigenvalue weighted by Crippen LogP contribution is 2.28. The summed E-state index contributed by atoms with van der Waals surface area (Å²) in [6, 6.07) is 8.35. The molecule has 0 bridgehead atoms. The van der Waals surface area contributed by atoms with Gasteiger partial charge in [-0.3, -0.25) is 10.0 Å². The molecule has 1 aliphatic rings. The average Bonchev–Trinajstić information content (AvgIpc) is 3.04. The summed E-state index contributed by atoms with van der Waals surface area (Å²) < 4.78 is 0. The van der Waals surface area contributed by atoms with E-state index in [0.717, 1.165) is 25.0 Å². The van der Waals surface area contributed by atoms with Crippen molar-refractivity contribution in [1.82, 2.24) is 20.4 Å². The minimum atomic E-state index is -0.591. The average molecular weight is 335 g/mol. The van der Waals surface area contributed by atoms with Crippen LogP contribution in [-0.2, 0) is 17.8 Å². The van der Waals surface area contributed by atoms with Gasteiger partial charge in [-0.1, -0.05) is 18.2 Å². The summed E-state index contributed by atoms with van der Waals surface area (Å²) in [6.07, 6.45) is 7.02. The van der Waals surface area contributed by atoms with Crippen LogP contribution in [0, 0.1) is 0 Å². The van der Waals surface area contributed by atoms with E-state index in [9.17, 15) is 4.79 Å². The van der Waals surface area contributed by atoms with E-state index in [1.54, 1.807) is 23.9 Å². The van der Waals surface area contributed by atoms with E-state index >= 15 is 0 Å². The maximum atomic E-state index is 11.0. The van der Waals surface area contributed by atoms with Gasteiger partial charge in [-0.05, 0) is 24.1 Å². The summed E-state index contributed by atoms with van der Waals surface area (Å²) in [7, 11) is 0. The zero-order chi connectivity index (χ0) is 17.2. The molecule has 1 amide bonds. The van der Waals surface area contributed by atoms with Crippen LogP contribution in [-0.4, -0.2) is 32.6 Å². The Morgan fingerprint density at radius 2 is 2.08 bits per heavy atom. The molecule has 3 N–H and O–H groups in total. The number of fused-ring (bicyclic) bond motifs is 3. The number of nitrogens with one attached hydrogen (secondary N) is 2. The Bertz CT molecular complexity index is 946. The summed E-state index contributed by atoms with van der Waals surface area (Å²) in [6.45, 7) is 1.60. The molecule has 0 fully saturated rings. The molecule has 0 radical (unpaired) electrons. The van der Waals surface area contributed by atoms with E-state index in [0.29, 0.717) is 11.5 Å². The second-order valence-electron chi connectivity index (χ2n) is 5.93. The van der Waals surface area contributed by atoms with E-state index < -0.39 is 5.91 Å². The van der Waals surface area contributed by atoms with Crippen LogP contribution in [0.3, 0.4) is 0 Å². The molecule has 1 aliphatic heterocycles. The molecule has 0 saturated carbocycles. The molecule has 126 valence electrons. The van der Waals surface area contributed by atoms with Crippen LogP contribution < -0.4 is 10.4 Å². The number of nitrogens with zero attached hydrogens (tertiary/aromatic N) is 3. The molecule has 0 aliphatic carbocycles. The highest BCUT2D eigenvalue weighted by atomic mass is 16.5. The Morgan fingerprint density at radius 3 is 2.88 bits per heavy atom. The van der Waals surface area contributed by atoms with Crippen molar-refractivity contribution < 1.29 is 10.0 Å². The minimum absolute atomic E-state index is 0.591. The van der Waals surface area contributed by atoms with E-state index in [-0.39, 0.29) is 0 Å². The molecule has 1 aromatic carbocycles. The van der Waals surface area contributed by atoms with Crippen LogP contribution in [0.2, 0.25) is 0 Å². The first-order valence-corrected chi connectivity index (χ1v) is 8.02. The SMILES string of the molecule is O=C(/C=C/c1cnc(N2CCc3c([nH]c4ccccc34)C2)nc1)NO. The number of aromatic amines is 1. The van der Waals surface area contributed by atoms with Gasteiger partial charge in [0.2, 0.25) is 5.95 Å². The molecule has 25 heavy (non-hydrogen) atoms. The fourth-order valence-corrected chi connectivity index (χ4v) is 3.15. The Hall–Kier alpha value is -3.19. The van der Waals surface area contributed by atoms with Crippen LogP contribution in [0.15, 0.2) is 42.7 Å². The van der Waals surface area contributed by atoms with Gasteiger partial charge in [-0.15, -0.1) is 0 Å². The summed E-state index contributed by atoms with van der Waals surface area (Å²) in [5.41, 5.74) is 5.98. The van der Waals surface area contributed by atoms with E-state index in [1.807, 2.05) is 6.07 Å². The van der Waals surface area contributed by atoms with E-state index in [4.69, 9.17) is 5.21 Å². The molecule has 4 rings (SSSR count). The zero-order valence-corrected chi connectivity index (χ0v) is 13.4. The van der Waals surface area contributed by atoms with Crippen LogP contribution in [0.5, 0.6) is 0 Å². The minimum Gasteiger partial charge on any atom is -0.357 e. The van der Waals surface area contributed by atoms with Gasteiger partial charge in [-0.25, -0.2) is 15.4 Å². The second kappa shape index (κ2) is 6.37. The third-order valence-corrected chi connectivity index (χ3v) is 4.36. The number of amides is 1. The standard InChI is InChI=1S/C18H17N5O2/c24-17(22-25)6-5-12-9-19-18(20-10-12)23-8-7-14-13-3-1-2-4-15(13)21-16(14)11-23/h1-6,9-10,21,25H,7-8,11H2,(H,22,24)/b6-5+. The van der Waals surface area contributed by atoms with E-state index in [2.05, 4.69) is 38.1 Å². The number of para-hydroxylation sites is 1.